The third-order valence-electron chi connectivity index (χ3n) is 5.08. The molecule has 0 amide bonds. The van der Waals surface area contributed by atoms with Gasteiger partial charge in [-0.15, -0.1) is 0 Å². The molecule has 3 atom stereocenters. The molecule has 0 unspecified atom stereocenters. The Kier molecular flexibility index (Phi) is 2.94. The fourth-order valence-corrected chi connectivity index (χ4v) is 4.18. The van der Waals surface area contributed by atoms with Crippen LogP contribution in [0.25, 0.3) is 0 Å². The van der Waals surface area contributed by atoms with E-state index in [1.807, 2.05) is 0 Å². The predicted octanol–water partition coefficient (Wildman–Crippen LogP) is -0.211. The van der Waals surface area contributed by atoms with E-state index < -0.39 is 5.60 Å². The molecule has 0 aromatic heterocycles. The van der Waals surface area contributed by atoms with Gasteiger partial charge in [0.25, 0.3) is 0 Å². The standard InChI is InChI=1S/C13H24N2O2/c14-5-9-3-13(17,4-9)8-15-6-10-1-2-12(16)11(10)7-15/h9-12,16-17H,1-8,14H2/t9?,10-,11+,12-,13?/m0/s1. The van der Waals surface area contributed by atoms with E-state index in [-0.39, 0.29) is 6.10 Å². The number of aliphatic hydroxyl groups excluding tert-OH is 1. The highest BCUT2D eigenvalue weighted by atomic mass is 16.3. The highest BCUT2D eigenvalue weighted by molar-refractivity contribution is 5.00. The maximum Gasteiger partial charge on any atom is 0.0780 e. The third-order valence-corrected chi connectivity index (χ3v) is 5.08. The van der Waals surface area contributed by atoms with Crippen LogP contribution >= 0.6 is 0 Å². The molecule has 4 heteroatoms. The van der Waals surface area contributed by atoms with Crippen LogP contribution < -0.4 is 5.73 Å². The fraction of sp³-hybridized carbons (Fsp3) is 1.00. The van der Waals surface area contributed by atoms with Gasteiger partial charge in [-0.3, -0.25) is 4.90 Å². The number of nitrogens with zero attached hydrogens (tertiary/aromatic N) is 1. The average molecular weight is 240 g/mol. The van der Waals surface area contributed by atoms with Gasteiger partial charge in [0.15, 0.2) is 0 Å². The van der Waals surface area contributed by atoms with Gasteiger partial charge in [0.2, 0.25) is 0 Å². The zero-order valence-electron chi connectivity index (χ0n) is 10.4. The number of hydrogen-bond donors (Lipinski definition) is 3. The van der Waals surface area contributed by atoms with Crippen LogP contribution in [-0.4, -0.2) is 53.0 Å². The van der Waals surface area contributed by atoms with E-state index in [1.54, 1.807) is 0 Å². The number of fused-ring (bicyclic) bond motifs is 1. The third kappa shape index (κ3) is 2.12. The highest BCUT2D eigenvalue weighted by Gasteiger charge is 2.47. The van der Waals surface area contributed by atoms with Crippen LogP contribution in [0.5, 0.6) is 0 Å². The molecule has 2 saturated carbocycles. The molecule has 4 N–H and O–H groups in total. The summed E-state index contributed by atoms with van der Waals surface area (Å²) in [7, 11) is 0. The Balaban J connectivity index is 1.52. The molecule has 0 spiro atoms. The summed E-state index contributed by atoms with van der Waals surface area (Å²) in [5.74, 6) is 1.65. The number of rotatable bonds is 3. The topological polar surface area (TPSA) is 69.7 Å². The Morgan fingerprint density at radius 3 is 2.65 bits per heavy atom. The molecule has 0 bridgehead atoms. The maximum absolute atomic E-state index is 10.3. The molecule has 0 aromatic rings. The molecule has 3 rings (SSSR count). The monoisotopic (exact) mass is 240 g/mol. The van der Waals surface area contributed by atoms with Gasteiger partial charge in [-0.05, 0) is 44.1 Å². The molecule has 3 fully saturated rings. The molecule has 1 heterocycles. The quantitative estimate of drug-likeness (QED) is 0.638. The van der Waals surface area contributed by atoms with Gasteiger partial charge in [0, 0.05) is 25.6 Å². The van der Waals surface area contributed by atoms with E-state index >= 15 is 0 Å². The molecule has 17 heavy (non-hydrogen) atoms. The first-order valence-electron chi connectivity index (χ1n) is 6.92. The van der Waals surface area contributed by atoms with Crippen LogP contribution in [0.2, 0.25) is 0 Å². The molecular formula is C13H24N2O2. The molecule has 4 nitrogen and oxygen atoms in total. The summed E-state index contributed by atoms with van der Waals surface area (Å²) < 4.78 is 0. The zero-order valence-corrected chi connectivity index (χ0v) is 10.4. The Hall–Kier alpha value is -0.160. The van der Waals surface area contributed by atoms with E-state index in [0.717, 1.165) is 45.3 Å². The van der Waals surface area contributed by atoms with Gasteiger partial charge in [-0.25, -0.2) is 0 Å². The molecule has 1 aliphatic heterocycles. The van der Waals surface area contributed by atoms with Crippen molar-refractivity contribution in [2.75, 3.05) is 26.2 Å². The number of likely N-dealkylation sites (tertiary alicyclic amines) is 1. The van der Waals surface area contributed by atoms with E-state index in [4.69, 9.17) is 5.73 Å². The Morgan fingerprint density at radius 2 is 2.00 bits per heavy atom. The van der Waals surface area contributed by atoms with E-state index in [2.05, 4.69) is 4.90 Å². The van der Waals surface area contributed by atoms with Crippen LogP contribution in [0.1, 0.15) is 25.7 Å². The van der Waals surface area contributed by atoms with Crippen LogP contribution in [0.15, 0.2) is 0 Å². The summed E-state index contributed by atoms with van der Waals surface area (Å²) in [4.78, 5) is 2.35. The van der Waals surface area contributed by atoms with Crippen molar-refractivity contribution in [3.8, 4) is 0 Å². The zero-order chi connectivity index (χ0) is 12.0. The number of nitrogens with two attached hydrogens (primary N) is 1. The molecule has 3 aliphatic rings. The van der Waals surface area contributed by atoms with Crippen molar-refractivity contribution < 1.29 is 10.2 Å². The lowest BCUT2D eigenvalue weighted by Gasteiger charge is -2.45. The summed E-state index contributed by atoms with van der Waals surface area (Å²) >= 11 is 0. The summed E-state index contributed by atoms with van der Waals surface area (Å²) in [5, 5.41) is 20.2. The Bertz CT molecular complexity index is 291. The van der Waals surface area contributed by atoms with Crippen molar-refractivity contribution >= 4 is 0 Å². The predicted molar refractivity (Wildman–Crippen MR) is 65.4 cm³/mol. The van der Waals surface area contributed by atoms with Crippen molar-refractivity contribution in [3.63, 3.8) is 0 Å². The summed E-state index contributed by atoms with van der Waals surface area (Å²) in [6.07, 6.45) is 3.75. The highest BCUT2D eigenvalue weighted by Crippen LogP contribution is 2.42. The SMILES string of the molecule is NCC1CC(O)(CN2C[C@@H]3CC[C@H](O)[C@@H]3C2)C1. The molecule has 98 valence electrons. The van der Waals surface area contributed by atoms with Crippen molar-refractivity contribution in [2.24, 2.45) is 23.5 Å². The van der Waals surface area contributed by atoms with Gasteiger partial charge in [0.1, 0.15) is 0 Å². The number of hydrogen-bond acceptors (Lipinski definition) is 4. The van der Waals surface area contributed by atoms with E-state index in [0.29, 0.717) is 24.3 Å². The van der Waals surface area contributed by atoms with Crippen molar-refractivity contribution in [3.05, 3.63) is 0 Å². The molecule has 1 saturated heterocycles. The first-order valence-corrected chi connectivity index (χ1v) is 6.92. The van der Waals surface area contributed by atoms with Crippen LogP contribution in [0, 0.1) is 17.8 Å². The lowest BCUT2D eigenvalue weighted by molar-refractivity contribution is -0.0890. The molecular weight excluding hydrogens is 216 g/mol. The minimum Gasteiger partial charge on any atom is -0.393 e. The molecule has 0 radical (unpaired) electrons. The lowest BCUT2D eigenvalue weighted by Crippen LogP contribution is -2.53. The molecule has 0 aromatic carbocycles. The fourth-order valence-electron chi connectivity index (χ4n) is 4.18. The van der Waals surface area contributed by atoms with Gasteiger partial charge in [-0.1, -0.05) is 0 Å². The average Bonchev–Trinajstić information content (AvgIpc) is 2.77. The van der Waals surface area contributed by atoms with E-state index in [9.17, 15) is 10.2 Å². The van der Waals surface area contributed by atoms with Crippen LogP contribution in [-0.2, 0) is 0 Å². The van der Waals surface area contributed by atoms with Crippen molar-refractivity contribution in [2.45, 2.75) is 37.4 Å². The van der Waals surface area contributed by atoms with Gasteiger partial charge in [0.05, 0.1) is 11.7 Å². The van der Waals surface area contributed by atoms with Crippen LogP contribution in [0.4, 0.5) is 0 Å². The summed E-state index contributed by atoms with van der Waals surface area (Å²) in [6, 6.07) is 0. The normalized spacial score (nSPS) is 50.3. The minimum atomic E-state index is -0.492. The smallest absolute Gasteiger partial charge is 0.0780 e. The molecule has 2 aliphatic carbocycles. The largest absolute Gasteiger partial charge is 0.393 e. The summed E-state index contributed by atoms with van der Waals surface area (Å²) in [6.45, 7) is 3.52. The second-order valence-electron chi connectivity index (χ2n) is 6.50. The second-order valence-corrected chi connectivity index (χ2v) is 6.50. The first-order chi connectivity index (χ1) is 8.09. The number of aliphatic hydroxyl groups is 2. The minimum absolute atomic E-state index is 0.0992. The van der Waals surface area contributed by atoms with Crippen molar-refractivity contribution in [1.29, 1.82) is 0 Å². The number of β-amino-alcohol motifs (C(OH)–C–C–N with tert-alkyl or cyclic N) is 1. The maximum atomic E-state index is 10.3. The first kappa shape index (κ1) is 11.9. The van der Waals surface area contributed by atoms with Crippen molar-refractivity contribution in [1.82, 2.24) is 4.90 Å². The Labute approximate surface area is 103 Å². The lowest BCUT2D eigenvalue weighted by atomic mass is 9.70. The van der Waals surface area contributed by atoms with Gasteiger partial charge in [-0.2, -0.15) is 0 Å². The van der Waals surface area contributed by atoms with Gasteiger partial charge < -0.3 is 15.9 Å². The second kappa shape index (κ2) is 4.19. The van der Waals surface area contributed by atoms with E-state index in [1.165, 1.54) is 0 Å². The van der Waals surface area contributed by atoms with Gasteiger partial charge >= 0.3 is 0 Å². The Morgan fingerprint density at radius 1 is 1.24 bits per heavy atom. The summed E-state index contributed by atoms with van der Waals surface area (Å²) in [5.41, 5.74) is 5.11. The van der Waals surface area contributed by atoms with Crippen LogP contribution in [0.3, 0.4) is 0 Å².